The van der Waals surface area contributed by atoms with E-state index in [0.717, 1.165) is 0 Å². The first-order valence-electron chi connectivity index (χ1n) is 4.82. The molecule has 1 fully saturated rings. The predicted molar refractivity (Wildman–Crippen MR) is 64.2 cm³/mol. The molecule has 0 radical (unpaired) electrons. The third-order valence-electron chi connectivity index (χ3n) is 2.37. The maximum Gasteiger partial charge on any atom is 0.327 e. The van der Waals surface area contributed by atoms with Crippen molar-refractivity contribution in [2.45, 2.75) is 6.04 Å². The van der Waals surface area contributed by atoms with E-state index in [2.05, 4.69) is 4.98 Å². The summed E-state index contributed by atoms with van der Waals surface area (Å²) < 4.78 is 0. The Balaban J connectivity index is 2.23. The highest BCUT2D eigenvalue weighted by atomic mass is 35.5. The van der Waals surface area contributed by atoms with E-state index >= 15 is 0 Å². The van der Waals surface area contributed by atoms with Crippen molar-refractivity contribution in [2.75, 3.05) is 11.6 Å². The number of aromatic nitrogens is 1. The lowest BCUT2D eigenvalue weighted by Crippen LogP contribution is -2.42. The van der Waals surface area contributed by atoms with Crippen molar-refractivity contribution in [2.24, 2.45) is 0 Å². The summed E-state index contributed by atoms with van der Waals surface area (Å²) in [5, 5.41) is 9.39. The minimum atomic E-state index is -0.995. The van der Waals surface area contributed by atoms with E-state index in [9.17, 15) is 9.59 Å². The second-order valence-corrected chi connectivity index (χ2v) is 4.92. The molecule has 1 amide bonds. The van der Waals surface area contributed by atoms with Crippen LogP contribution in [0.3, 0.4) is 0 Å². The van der Waals surface area contributed by atoms with Crippen molar-refractivity contribution in [3.63, 3.8) is 0 Å². The summed E-state index contributed by atoms with van der Waals surface area (Å²) in [6, 6.07) is 2.21. The van der Waals surface area contributed by atoms with Gasteiger partial charge in [-0.15, -0.1) is 11.8 Å². The van der Waals surface area contributed by atoms with Gasteiger partial charge in [-0.2, -0.15) is 0 Å². The smallest absolute Gasteiger partial charge is 0.327 e. The molecule has 1 aliphatic rings. The molecule has 17 heavy (non-hydrogen) atoms. The van der Waals surface area contributed by atoms with Crippen molar-refractivity contribution in [1.82, 2.24) is 9.88 Å². The van der Waals surface area contributed by atoms with E-state index in [1.807, 2.05) is 0 Å². The summed E-state index contributed by atoms with van der Waals surface area (Å²) in [6.45, 7) is 0. The zero-order valence-electron chi connectivity index (χ0n) is 8.67. The molecule has 0 aliphatic carbocycles. The summed E-state index contributed by atoms with van der Waals surface area (Å²) in [5.74, 6) is -0.624. The van der Waals surface area contributed by atoms with E-state index in [1.165, 1.54) is 28.9 Å². The molecule has 1 N–H and O–H groups in total. The Kier molecular flexibility index (Phi) is 3.54. The van der Waals surface area contributed by atoms with Crippen LogP contribution in [-0.4, -0.2) is 44.5 Å². The highest BCUT2D eigenvalue weighted by Gasteiger charge is 2.35. The molecule has 1 saturated heterocycles. The van der Waals surface area contributed by atoms with Gasteiger partial charge in [0.1, 0.15) is 11.7 Å². The van der Waals surface area contributed by atoms with Crippen LogP contribution in [0.2, 0.25) is 5.02 Å². The normalized spacial score (nSPS) is 19.4. The summed E-state index contributed by atoms with van der Waals surface area (Å²) in [4.78, 5) is 28.2. The van der Waals surface area contributed by atoms with Crippen molar-refractivity contribution in [1.29, 1.82) is 0 Å². The van der Waals surface area contributed by atoms with Crippen molar-refractivity contribution in [3.8, 4) is 0 Å². The van der Waals surface area contributed by atoms with E-state index < -0.39 is 17.9 Å². The monoisotopic (exact) mass is 272 g/mol. The molecule has 7 heteroatoms. The fourth-order valence-corrected chi connectivity index (χ4v) is 2.82. The molecule has 5 nitrogen and oxygen atoms in total. The number of amides is 1. The van der Waals surface area contributed by atoms with Gasteiger partial charge in [-0.3, -0.25) is 9.78 Å². The molecule has 0 aromatic carbocycles. The third-order valence-corrected chi connectivity index (χ3v) is 3.62. The Labute approximate surface area is 107 Å². The number of carboxylic acid groups (broad SMARTS) is 1. The van der Waals surface area contributed by atoms with Crippen LogP contribution in [0.1, 0.15) is 10.5 Å². The maximum absolute atomic E-state index is 12.0. The molecule has 90 valence electrons. The number of aliphatic carboxylic acids is 1. The van der Waals surface area contributed by atoms with E-state index in [0.29, 0.717) is 16.7 Å². The Bertz CT molecular complexity index is 469. The summed E-state index contributed by atoms with van der Waals surface area (Å²) in [6.07, 6.45) is 1.43. The molecular formula is C10H9ClN2O3S. The molecule has 2 heterocycles. The lowest BCUT2D eigenvalue weighted by Gasteiger charge is -2.19. The molecule has 0 unspecified atom stereocenters. The molecule has 1 aliphatic heterocycles. The Morgan fingerprint density at radius 1 is 1.59 bits per heavy atom. The summed E-state index contributed by atoms with van der Waals surface area (Å²) >= 11 is 7.17. The lowest BCUT2D eigenvalue weighted by molar-refractivity contribution is -0.140. The largest absolute Gasteiger partial charge is 0.480 e. The fraction of sp³-hybridized carbons (Fsp3) is 0.300. The molecular weight excluding hydrogens is 264 g/mol. The second-order valence-electron chi connectivity index (χ2n) is 3.49. The first kappa shape index (κ1) is 12.2. The van der Waals surface area contributed by atoms with Crippen LogP contribution < -0.4 is 0 Å². The highest BCUT2D eigenvalue weighted by molar-refractivity contribution is 7.99. The predicted octanol–water partition coefficient (Wildman–Crippen LogP) is 1.33. The van der Waals surface area contributed by atoms with Crippen LogP contribution in [0.4, 0.5) is 0 Å². The average Bonchev–Trinajstić information content (AvgIpc) is 2.77. The van der Waals surface area contributed by atoms with Gasteiger partial charge >= 0.3 is 5.97 Å². The summed E-state index contributed by atoms with van der Waals surface area (Å²) in [7, 11) is 0. The molecule has 0 spiro atoms. The van der Waals surface area contributed by atoms with Gasteiger partial charge in [0.25, 0.3) is 5.91 Å². The van der Waals surface area contributed by atoms with Crippen LogP contribution in [0.25, 0.3) is 0 Å². The molecule has 1 atom stereocenters. The molecule has 2 rings (SSSR count). The number of hydrogen-bond acceptors (Lipinski definition) is 4. The van der Waals surface area contributed by atoms with Gasteiger partial charge in [-0.05, 0) is 12.1 Å². The number of hydrogen-bond donors (Lipinski definition) is 1. The van der Waals surface area contributed by atoms with Gasteiger partial charge in [-0.1, -0.05) is 11.6 Å². The zero-order valence-corrected chi connectivity index (χ0v) is 10.2. The van der Waals surface area contributed by atoms with Gasteiger partial charge in [0.2, 0.25) is 0 Å². The molecule has 0 saturated carbocycles. The second kappa shape index (κ2) is 4.93. The number of pyridine rings is 1. The Morgan fingerprint density at radius 3 is 3.00 bits per heavy atom. The van der Waals surface area contributed by atoms with Gasteiger partial charge in [-0.25, -0.2) is 4.79 Å². The molecule has 1 aromatic rings. The van der Waals surface area contributed by atoms with Crippen LogP contribution in [0.15, 0.2) is 18.3 Å². The SMILES string of the molecule is O=C(O)[C@@H]1CSCN1C(=O)c1cc(Cl)ccn1. The number of nitrogens with zero attached hydrogens (tertiary/aromatic N) is 2. The fourth-order valence-electron chi connectivity index (χ4n) is 1.52. The van der Waals surface area contributed by atoms with E-state index in [1.54, 1.807) is 6.07 Å². The van der Waals surface area contributed by atoms with Gasteiger partial charge in [0.15, 0.2) is 0 Å². The van der Waals surface area contributed by atoms with Crippen LogP contribution in [-0.2, 0) is 4.79 Å². The van der Waals surface area contributed by atoms with Gasteiger partial charge < -0.3 is 10.0 Å². The lowest BCUT2D eigenvalue weighted by atomic mass is 10.2. The number of rotatable bonds is 2. The van der Waals surface area contributed by atoms with Crippen LogP contribution >= 0.6 is 23.4 Å². The van der Waals surface area contributed by atoms with E-state index in [-0.39, 0.29) is 5.69 Å². The van der Waals surface area contributed by atoms with Gasteiger partial charge in [0.05, 0.1) is 5.88 Å². The molecule has 1 aromatic heterocycles. The first-order valence-corrected chi connectivity index (χ1v) is 6.36. The zero-order chi connectivity index (χ0) is 12.4. The quantitative estimate of drug-likeness (QED) is 0.880. The number of thioether (sulfide) groups is 1. The topological polar surface area (TPSA) is 70.5 Å². The van der Waals surface area contributed by atoms with Crippen LogP contribution in [0, 0.1) is 0 Å². The number of carbonyl (C=O) groups is 2. The van der Waals surface area contributed by atoms with Crippen molar-refractivity contribution < 1.29 is 14.7 Å². The first-order chi connectivity index (χ1) is 8.09. The van der Waals surface area contributed by atoms with E-state index in [4.69, 9.17) is 16.7 Å². The van der Waals surface area contributed by atoms with Crippen molar-refractivity contribution in [3.05, 3.63) is 29.0 Å². The minimum absolute atomic E-state index is 0.172. The highest BCUT2D eigenvalue weighted by Crippen LogP contribution is 2.23. The average molecular weight is 273 g/mol. The number of carboxylic acids is 1. The van der Waals surface area contributed by atoms with Gasteiger partial charge in [0, 0.05) is 17.0 Å². The minimum Gasteiger partial charge on any atom is -0.480 e. The number of halogens is 1. The molecule has 0 bridgehead atoms. The Hall–Kier alpha value is -1.27. The van der Waals surface area contributed by atoms with Crippen LogP contribution in [0.5, 0.6) is 0 Å². The van der Waals surface area contributed by atoms with Crippen molar-refractivity contribution >= 4 is 35.2 Å². The number of carbonyl (C=O) groups excluding carboxylic acids is 1. The standard InChI is InChI=1S/C10H9ClN2O3S/c11-6-1-2-12-7(3-6)9(14)13-5-17-4-8(13)10(15)16/h1-3,8H,4-5H2,(H,15,16)/t8-/m0/s1. The Morgan fingerprint density at radius 2 is 2.35 bits per heavy atom. The third kappa shape index (κ3) is 2.53. The maximum atomic E-state index is 12.0. The summed E-state index contributed by atoms with van der Waals surface area (Å²) in [5.41, 5.74) is 0.172.